The van der Waals surface area contributed by atoms with Crippen molar-refractivity contribution in [2.24, 2.45) is 5.92 Å². The van der Waals surface area contributed by atoms with E-state index in [0.717, 1.165) is 12.8 Å². The van der Waals surface area contributed by atoms with Gasteiger partial charge in [0.1, 0.15) is 5.82 Å². The third-order valence-electron chi connectivity index (χ3n) is 4.13. The van der Waals surface area contributed by atoms with Crippen LogP contribution in [0.3, 0.4) is 0 Å². The molecule has 0 saturated carbocycles. The maximum Gasteiger partial charge on any atom is 0.127 e. The topological polar surface area (TPSA) is 20.2 Å². The predicted octanol–water partition coefficient (Wildman–Crippen LogP) is 4.24. The summed E-state index contributed by atoms with van der Waals surface area (Å²) < 4.78 is 13.4. The third kappa shape index (κ3) is 2.34. The number of aliphatic hydroxyl groups is 1. The molecule has 0 fully saturated rings. The molecule has 0 aromatic heterocycles. The molecular formula is C17H16ClFO. The van der Waals surface area contributed by atoms with E-state index in [1.807, 2.05) is 12.1 Å². The molecule has 1 unspecified atom stereocenters. The van der Waals surface area contributed by atoms with E-state index in [1.165, 1.54) is 17.2 Å². The summed E-state index contributed by atoms with van der Waals surface area (Å²) in [5.41, 5.74) is 3.71. The van der Waals surface area contributed by atoms with Gasteiger partial charge in [0, 0.05) is 5.02 Å². The summed E-state index contributed by atoms with van der Waals surface area (Å²) in [6, 6.07) is 11.2. The standard InChI is InChI=1S/C17H16ClFO/c1-10-6-14(15(18)9-16(10)19)17(20)13-7-11-4-2-3-5-12(11)8-13/h2-6,9,13,17,20H,7-8H2,1H3. The van der Waals surface area contributed by atoms with Gasteiger partial charge in [0.05, 0.1) is 6.10 Å². The number of benzene rings is 2. The molecule has 3 heteroatoms. The molecule has 0 radical (unpaired) electrons. The zero-order valence-electron chi connectivity index (χ0n) is 11.2. The highest BCUT2D eigenvalue weighted by Gasteiger charge is 2.29. The predicted molar refractivity (Wildman–Crippen MR) is 78.4 cm³/mol. The van der Waals surface area contributed by atoms with Crippen LogP contribution in [0.1, 0.15) is 28.4 Å². The quantitative estimate of drug-likeness (QED) is 0.877. The maximum absolute atomic E-state index is 13.4. The molecule has 1 nitrogen and oxygen atoms in total. The minimum atomic E-state index is -0.658. The lowest BCUT2D eigenvalue weighted by Crippen LogP contribution is -2.13. The summed E-state index contributed by atoms with van der Waals surface area (Å²) in [4.78, 5) is 0. The number of rotatable bonds is 2. The van der Waals surface area contributed by atoms with E-state index in [2.05, 4.69) is 12.1 Å². The van der Waals surface area contributed by atoms with Crippen LogP contribution < -0.4 is 0 Å². The highest BCUT2D eigenvalue weighted by Crippen LogP contribution is 2.38. The van der Waals surface area contributed by atoms with Crippen LogP contribution in [0.15, 0.2) is 36.4 Å². The van der Waals surface area contributed by atoms with Gasteiger partial charge in [-0.25, -0.2) is 4.39 Å². The van der Waals surface area contributed by atoms with Gasteiger partial charge >= 0.3 is 0 Å². The molecule has 1 atom stereocenters. The van der Waals surface area contributed by atoms with Gasteiger partial charge in [-0.1, -0.05) is 35.9 Å². The second-order valence-electron chi connectivity index (χ2n) is 5.50. The first-order valence-corrected chi connectivity index (χ1v) is 7.14. The van der Waals surface area contributed by atoms with Gasteiger partial charge in [0.15, 0.2) is 0 Å². The lowest BCUT2D eigenvalue weighted by molar-refractivity contribution is 0.113. The number of hydrogen-bond donors (Lipinski definition) is 1. The first-order chi connectivity index (χ1) is 9.56. The molecule has 3 rings (SSSR count). The molecule has 104 valence electrons. The fourth-order valence-electron chi connectivity index (χ4n) is 2.98. The van der Waals surface area contributed by atoms with Crippen molar-refractivity contribution in [1.29, 1.82) is 0 Å². The Morgan fingerprint density at radius 2 is 1.80 bits per heavy atom. The van der Waals surface area contributed by atoms with E-state index in [0.29, 0.717) is 16.1 Å². The van der Waals surface area contributed by atoms with Crippen LogP contribution in [0.4, 0.5) is 4.39 Å². The Kier molecular flexibility index (Phi) is 3.53. The van der Waals surface area contributed by atoms with Crippen LogP contribution in [0, 0.1) is 18.7 Å². The Bertz CT molecular complexity index is 628. The summed E-state index contributed by atoms with van der Waals surface area (Å²) in [6.07, 6.45) is 1.02. The molecule has 2 aromatic rings. The molecule has 0 bridgehead atoms. The van der Waals surface area contributed by atoms with Crippen molar-refractivity contribution >= 4 is 11.6 Å². The maximum atomic E-state index is 13.4. The van der Waals surface area contributed by atoms with Crippen molar-refractivity contribution in [1.82, 2.24) is 0 Å². The van der Waals surface area contributed by atoms with Gasteiger partial charge in [-0.2, -0.15) is 0 Å². The lowest BCUT2D eigenvalue weighted by atomic mass is 9.92. The average molecular weight is 291 g/mol. The minimum absolute atomic E-state index is 0.106. The molecule has 1 aliphatic rings. The first kappa shape index (κ1) is 13.6. The van der Waals surface area contributed by atoms with Gasteiger partial charge in [-0.15, -0.1) is 0 Å². The molecule has 0 amide bonds. The number of halogens is 2. The van der Waals surface area contributed by atoms with Gasteiger partial charge in [0.2, 0.25) is 0 Å². The lowest BCUT2D eigenvalue weighted by Gasteiger charge is -2.20. The van der Waals surface area contributed by atoms with Gasteiger partial charge < -0.3 is 5.11 Å². The second kappa shape index (κ2) is 5.19. The molecule has 20 heavy (non-hydrogen) atoms. The number of aryl methyl sites for hydroxylation is 1. The summed E-state index contributed by atoms with van der Waals surface area (Å²) in [5, 5.41) is 10.9. The monoisotopic (exact) mass is 290 g/mol. The van der Waals surface area contributed by atoms with E-state index in [9.17, 15) is 9.50 Å². The normalized spacial score (nSPS) is 16.2. The van der Waals surface area contributed by atoms with Crippen LogP contribution >= 0.6 is 11.6 Å². The minimum Gasteiger partial charge on any atom is -0.388 e. The Labute approximate surface area is 123 Å². The van der Waals surface area contributed by atoms with Gasteiger partial charge in [-0.05, 0) is 60.1 Å². The van der Waals surface area contributed by atoms with Crippen molar-refractivity contribution in [3.8, 4) is 0 Å². The van der Waals surface area contributed by atoms with Crippen molar-refractivity contribution in [2.75, 3.05) is 0 Å². The molecule has 0 spiro atoms. The van der Waals surface area contributed by atoms with E-state index < -0.39 is 6.10 Å². The summed E-state index contributed by atoms with van der Waals surface area (Å²) in [7, 11) is 0. The first-order valence-electron chi connectivity index (χ1n) is 6.76. The molecular weight excluding hydrogens is 275 g/mol. The van der Waals surface area contributed by atoms with Crippen molar-refractivity contribution in [2.45, 2.75) is 25.9 Å². The average Bonchev–Trinajstić information content (AvgIpc) is 2.86. The molecule has 0 saturated heterocycles. The van der Waals surface area contributed by atoms with Gasteiger partial charge in [0.25, 0.3) is 0 Å². The van der Waals surface area contributed by atoms with Crippen LogP contribution in [-0.2, 0) is 12.8 Å². The highest BCUT2D eigenvalue weighted by molar-refractivity contribution is 6.31. The van der Waals surface area contributed by atoms with E-state index in [1.54, 1.807) is 13.0 Å². The van der Waals surface area contributed by atoms with Crippen molar-refractivity contribution < 1.29 is 9.50 Å². The fraction of sp³-hybridized carbons (Fsp3) is 0.294. The van der Waals surface area contributed by atoms with Crippen LogP contribution in [0.25, 0.3) is 0 Å². The second-order valence-corrected chi connectivity index (χ2v) is 5.91. The Hall–Kier alpha value is -1.38. The van der Waals surface area contributed by atoms with Crippen molar-refractivity contribution in [3.63, 3.8) is 0 Å². The molecule has 1 N–H and O–H groups in total. The zero-order valence-corrected chi connectivity index (χ0v) is 12.0. The van der Waals surface area contributed by atoms with E-state index in [-0.39, 0.29) is 11.7 Å². The van der Waals surface area contributed by atoms with Crippen LogP contribution in [0.2, 0.25) is 5.02 Å². The molecule has 0 aliphatic heterocycles. The molecule has 2 aromatic carbocycles. The smallest absolute Gasteiger partial charge is 0.127 e. The number of fused-ring (bicyclic) bond motifs is 1. The Morgan fingerprint density at radius 1 is 1.20 bits per heavy atom. The fourth-order valence-corrected chi connectivity index (χ4v) is 3.24. The summed E-state index contributed by atoms with van der Waals surface area (Å²) in [6.45, 7) is 1.69. The number of aliphatic hydroxyl groups excluding tert-OH is 1. The Balaban J connectivity index is 1.88. The third-order valence-corrected chi connectivity index (χ3v) is 4.45. The Morgan fingerprint density at radius 3 is 2.40 bits per heavy atom. The van der Waals surface area contributed by atoms with Crippen LogP contribution in [-0.4, -0.2) is 5.11 Å². The van der Waals surface area contributed by atoms with E-state index >= 15 is 0 Å². The highest BCUT2D eigenvalue weighted by atomic mass is 35.5. The van der Waals surface area contributed by atoms with E-state index in [4.69, 9.17) is 11.6 Å². The largest absolute Gasteiger partial charge is 0.388 e. The molecule has 1 aliphatic carbocycles. The summed E-state index contributed by atoms with van der Waals surface area (Å²) >= 11 is 6.09. The van der Waals surface area contributed by atoms with Gasteiger partial charge in [-0.3, -0.25) is 0 Å². The molecule has 0 heterocycles. The van der Waals surface area contributed by atoms with Crippen LogP contribution in [0.5, 0.6) is 0 Å². The number of hydrogen-bond acceptors (Lipinski definition) is 1. The SMILES string of the molecule is Cc1cc(C(O)C2Cc3ccccc3C2)c(Cl)cc1F. The summed E-state index contributed by atoms with van der Waals surface area (Å²) in [5.74, 6) is -0.226. The zero-order chi connectivity index (χ0) is 14.3. The van der Waals surface area contributed by atoms with Crippen molar-refractivity contribution in [3.05, 3.63) is 69.5 Å².